The fourth-order valence-electron chi connectivity index (χ4n) is 3.38. The minimum absolute atomic E-state index is 0.0724. The first-order valence-electron chi connectivity index (χ1n) is 10.6. The van der Waals surface area contributed by atoms with Crippen LogP contribution in [0, 0.1) is 0 Å². The van der Waals surface area contributed by atoms with E-state index in [1.165, 1.54) is 0 Å². The van der Waals surface area contributed by atoms with Crippen LogP contribution in [-0.2, 0) is 22.6 Å². The van der Waals surface area contributed by atoms with Gasteiger partial charge in [0.15, 0.2) is 0 Å². The maximum atomic E-state index is 12.6. The quantitative estimate of drug-likeness (QED) is 0.392. The molecule has 1 N–H and O–H groups in total. The maximum Gasteiger partial charge on any atom is 0.249 e. The lowest BCUT2D eigenvalue weighted by Crippen LogP contribution is -2.33. The zero-order valence-corrected chi connectivity index (χ0v) is 18.3. The molecule has 7 heteroatoms. The van der Waals surface area contributed by atoms with Gasteiger partial charge in [0.1, 0.15) is 18.4 Å². The van der Waals surface area contributed by atoms with Crippen molar-refractivity contribution in [2.24, 2.45) is 0 Å². The molecular formula is C26H25N3O4. The number of ether oxygens (including phenoxy) is 2. The molecule has 1 atom stereocenters. The lowest BCUT2D eigenvalue weighted by atomic mass is 10.1. The third-order valence-corrected chi connectivity index (χ3v) is 5.03. The Hall–Kier alpha value is -3.97. The Bertz CT molecular complexity index is 1160. The van der Waals surface area contributed by atoms with E-state index in [-0.39, 0.29) is 12.5 Å². The molecule has 0 radical (unpaired) electrons. The Morgan fingerprint density at radius 3 is 2.42 bits per heavy atom. The van der Waals surface area contributed by atoms with Crippen molar-refractivity contribution in [1.29, 1.82) is 0 Å². The second-order valence-electron chi connectivity index (χ2n) is 7.48. The van der Waals surface area contributed by atoms with Crippen LogP contribution in [0.5, 0.6) is 5.75 Å². The number of hydrogen-bond acceptors (Lipinski definition) is 6. The SMILES string of the molecule is COc1cccc(-c2noc([C@H](Cc3ccccc3)NC(=O)COCc3ccccc3)n2)c1. The number of rotatable bonds is 10. The van der Waals surface area contributed by atoms with Gasteiger partial charge in [-0.2, -0.15) is 4.98 Å². The first-order valence-corrected chi connectivity index (χ1v) is 10.6. The molecule has 0 fully saturated rings. The average Bonchev–Trinajstić information content (AvgIpc) is 3.35. The van der Waals surface area contributed by atoms with Gasteiger partial charge in [-0.1, -0.05) is 78.0 Å². The van der Waals surface area contributed by atoms with Gasteiger partial charge in [-0.15, -0.1) is 0 Å². The third-order valence-electron chi connectivity index (χ3n) is 5.03. The summed E-state index contributed by atoms with van der Waals surface area (Å²) in [6, 6.07) is 26.5. The minimum Gasteiger partial charge on any atom is -0.497 e. The van der Waals surface area contributed by atoms with Gasteiger partial charge in [-0.05, 0) is 23.3 Å². The first-order chi connectivity index (χ1) is 16.2. The summed E-state index contributed by atoms with van der Waals surface area (Å²) in [6.07, 6.45) is 0.505. The van der Waals surface area contributed by atoms with Crippen molar-refractivity contribution in [2.45, 2.75) is 19.1 Å². The Kier molecular flexibility index (Phi) is 7.45. The van der Waals surface area contributed by atoms with Gasteiger partial charge in [0, 0.05) is 12.0 Å². The number of nitrogens with one attached hydrogen (secondary N) is 1. The van der Waals surface area contributed by atoms with Gasteiger partial charge >= 0.3 is 0 Å². The molecule has 0 spiro atoms. The van der Waals surface area contributed by atoms with E-state index in [1.807, 2.05) is 84.9 Å². The predicted molar refractivity (Wildman–Crippen MR) is 123 cm³/mol. The van der Waals surface area contributed by atoms with E-state index in [4.69, 9.17) is 14.0 Å². The van der Waals surface area contributed by atoms with Crippen molar-refractivity contribution in [3.8, 4) is 17.1 Å². The van der Waals surface area contributed by atoms with Crippen LogP contribution in [0.4, 0.5) is 0 Å². The fraction of sp³-hybridized carbons (Fsp3) is 0.192. The van der Waals surface area contributed by atoms with E-state index >= 15 is 0 Å². The Morgan fingerprint density at radius 1 is 0.970 bits per heavy atom. The number of amides is 1. The molecule has 0 bridgehead atoms. The highest BCUT2D eigenvalue weighted by Crippen LogP contribution is 2.24. The highest BCUT2D eigenvalue weighted by molar-refractivity contribution is 5.77. The van der Waals surface area contributed by atoms with Crippen LogP contribution < -0.4 is 10.1 Å². The van der Waals surface area contributed by atoms with Gasteiger partial charge < -0.3 is 19.3 Å². The molecular weight excluding hydrogens is 418 g/mol. The van der Waals surface area contributed by atoms with Crippen LogP contribution in [-0.4, -0.2) is 29.8 Å². The van der Waals surface area contributed by atoms with Crippen LogP contribution in [0.15, 0.2) is 89.5 Å². The van der Waals surface area contributed by atoms with Crippen molar-refractivity contribution in [2.75, 3.05) is 13.7 Å². The number of benzene rings is 3. The molecule has 4 rings (SSSR count). The van der Waals surface area contributed by atoms with E-state index in [9.17, 15) is 4.79 Å². The summed E-state index contributed by atoms with van der Waals surface area (Å²) < 4.78 is 16.4. The van der Waals surface area contributed by atoms with Crippen LogP contribution in [0.25, 0.3) is 11.4 Å². The van der Waals surface area contributed by atoms with E-state index in [2.05, 4.69) is 15.5 Å². The molecule has 1 aromatic heterocycles. The zero-order valence-electron chi connectivity index (χ0n) is 18.3. The normalized spacial score (nSPS) is 11.7. The van der Waals surface area contributed by atoms with Crippen LogP contribution in [0.3, 0.4) is 0 Å². The Morgan fingerprint density at radius 2 is 1.70 bits per heavy atom. The molecule has 0 saturated carbocycles. The smallest absolute Gasteiger partial charge is 0.249 e. The summed E-state index contributed by atoms with van der Waals surface area (Å²) in [5, 5.41) is 7.08. The topological polar surface area (TPSA) is 86.5 Å². The summed E-state index contributed by atoms with van der Waals surface area (Å²) in [5.41, 5.74) is 2.81. The Labute approximate surface area is 192 Å². The molecule has 4 aromatic rings. The van der Waals surface area contributed by atoms with Gasteiger partial charge in [0.25, 0.3) is 0 Å². The zero-order chi connectivity index (χ0) is 22.9. The summed E-state index contributed by atoms with van der Waals surface area (Å²) in [6.45, 7) is 0.287. The summed E-state index contributed by atoms with van der Waals surface area (Å²) in [4.78, 5) is 17.2. The molecule has 0 aliphatic heterocycles. The molecule has 0 saturated heterocycles. The van der Waals surface area contributed by atoms with Crippen LogP contribution >= 0.6 is 0 Å². The third kappa shape index (κ3) is 6.27. The lowest BCUT2D eigenvalue weighted by molar-refractivity contribution is -0.127. The molecule has 3 aromatic carbocycles. The van der Waals surface area contributed by atoms with Crippen molar-refractivity contribution < 1.29 is 18.8 Å². The largest absolute Gasteiger partial charge is 0.497 e. The molecule has 1 heterocycles. The Balaban J connectivity index is 1.46. The monoisotopic (exact) mass is 443 g/mol. The molecule has 0 unspecified atom stereocenters. The summed E-state index contributed by atoms with van der Waals surface area (Å²) >= 11 is 0. The maximum absolute atomic E-state index is 12.6. The molecule has 7 nitrogen and oxygen atoms in total. The summed E-state index contributed by atoms with van der Waals surface area (Å²) in [5.74, 6) is 1.20. The molecule has 33 heavy (non-hydrogen) atoms. The second kappa shape index (κ2) is 11.1. The first kappa shape index (κ1) is 22.2. The van der Waals surface area contributed by atoms with Gasteiger partial charge in [-0.3, -0.25) is 4.79 Å². The molecule has 168 valence electrons. The van der Waals surface area contributed by atoms with E-state index < -0.39 is 6.04 Å². The number of aromatic nitrogens is 2. The average molecular weight is 444 g/mol. The molecule has 0 aliphatic carbocycles. The van der Waals surface area contributed by atoms with E-state index in [0.29, 0.717) is 30.5 Å². The standard InChI is InChI=1S/C26H25N3O4/c1-31-22-14-8-13-21(16-22)25-28-26(33-29-25)23(15-19-9-4-2-5-10-19)27-24(30)18-32-17-20-11-6-3-7-12-20/h2-14,16,23H,15,17-18H2,1H3,(H,27,30)/t23-/m0/s1. The van der Waals surface area contributed by atoms with Crippen LogP contribution in [0.2, 0.25) is 0 Å². The van der Waals surface area contributed by atoms with Crippen LogP contribution in [0.1, 0.15) is 23.1 Å². The van der Waals surface area contributed by atoms with Crippen molar-refractivity contribution in [3.05, 3.63) is 102 Å². The number of nitrogens with zero attached hydrogens (tertiary/aromatic N) is 2. The number of hydrogen-bond donors (Lipinski definition) is 1. The molecule has 0 aliphatic rings. The van der Waals surface area contributed by atoms with Crippen molar-refractivity contribution in [3.63, 3.8) is 0 Å². The predicted octanol–water partition coefficient (Wildman–Crippen LogP) is 4.36. The summed E-state index contributed by atoms with van der Waals surface area (Å²) in [7, 11) is 1.60. The van der Waals surface area contributed by atoms with Gasteiger partial charge in [0.2, 0.25) is 17.6 Å². The van der Waals surface area contributed by atoms with E-state index in [1.54, 1.807) is 7.11 Å². The fourth-order valence-corrected chi connectivity index (χ4v) is 3.38. The van der Waals surface area contributed by atoms with Gasteiger partial charge in [0.05, 0.1) is 13.7 Å². The van der Waals surface area contributed by atoms with E-state index in [0.717, 1.165) is 16.7 Å². The minimum atomic E-state index is -0.493. The number of carbonyl (C=O) groups is 1. The highest BCUT2D eigenvalue weighted by atomic mass is 16.5. The lowest BCUT2D eigenvalue weighted by Gasteiger charge is -2.15. The second-order valence-corrected chi connectivity index (χ2v) is 7.48. The number of methoxy groups -OCH3 is 1. The van der Waals surface area contributed by atoms with Crippen molar-refractivity contribution >= 4 is 5.91 Å². The number of carbonyl (C=O) groups excluding carboxylic acids is 1. The highest BCUT2D eigenvalue weighted by Gasteiger charge is 2.22. The van der Waals surface area contributed by atoms with Crippen molar-refractivity contribution in [1.82, 2.24) is 15.5 Å². The molecule has 1 amide bonds. The van der Waals surface area contributed by atoms with Gasteiger partial charge in [-0.25, -0.2) is 0 Å².